The van der Waals surface area contributed by atoms with E-state index in [9.17, 15) is 4.79 Å². The van der Waals surface area contributed by atoms with Crippen molar-refractivity contribution in [2.24, 2.45) is 0 Å². The predicted molar refractivity (Wildman–Crippen MR) is 78.2 cm³/mol. The molecule has 0 aliphatic heterocycles. The molecule has 1 fully saturated rings. The smallest absolute Gasteiger partial charge is 0.241 e. The number of halogens is 1. The second-order valence-corrected chi connectivity index (χ2v) is 5.35. The van der Waals surface area contributed by atoms with E-state index >= 15 is 0 Å². The van der Waals surface area contributed by atoms with Crippen LogP contribution in [-0.2, 0) is 4.79 Å². The van der Waals surface area contributed by atoms with Gasteiger partial charge in [0.25, 0.3) is 0 Å². The molecule has 0 aromatic heterocycles. The quantitative estimate of drug-likeness (QED) is 0.791. The van der Waals surface area contributed by atoms with Gasteiger partial charge in [-0.3, -0.25) is 4.79 Å². The Kier molecular flexibility index (Phi) is 4.70. The fourth-order valence-corrected chi connectivity index (χ4v) is 2.58. The minimum absolute atomic E-state index is 0.0205. The highest BCUT2D eigenvalue weighted by atomic mass is 35.5. The third kappa shape index (κ3) is 3.41. The Morgan fingerprint density at radius 2 is 2.11 bits per heavy atom. The first kappa shape index (κ1) is 14.2. The maximum absolute atomic E-state index is 11.8. The highest BCUT2D eigenvalue weighted by Gasteiger charge is 2.20. The molecule has 1 aromatic carbocycles. The molecule has 0 N–H and O–H groups in total. The lowest BCUT2D eigenvalue weighted by molar-refractivity contribution is -0.116. The van der Waals surface area contributed by atoms with Crippen molar-refractivity contribution in [2.75, 3.05) is 17.8 Å². The topological polar surface area (TPSA) is 29.5 Å². The lowest BCUT2D eigenvalue weighted by atomic mass is 10.2. The van der Waals surface area contributed by atoms with Crippen LogP contribution in [0.25, 0.3) is 0 Å². The van der Waals surface area contributed by atoms with Crippen LogP contribution < -0.4 is 9.64 Å². The van der Waals surface area contributed by atoms with Crippen molar-refractivity contribution in [3.05, 3.63) is 23.8 Å². The number of nitrogens with zero attached hydrogens (tertiary/aromatic N) is 1. The summed E-state index contributed by atoms with van der Waals surface area (Å²) in [5.41, 5.74) is 1.90. The molecule has 104 valence electrons. The molecule has 3 nitrogen and oxygen atoms in total. The normalized spacial score (nSPS) is 15.5. The molecular weight excluding hydrogens is 262 g/mol. The van der Waals surface area contributed by atoms with Gasteiger partial charge in [-0.05, 0) is 50.3 Å². The third-order valence-corrected chi connectivity index (χ3v) is 3.79. The molecule has 1 aliphatic carbocycles. The lowest BCUT2D eigenvalue weighted by Crippen LogP contribution is -2.28. The van der Waals surface area contributed by atoms with Crippen LogP contribution in [0.15, 0.2) is 18.2 Å². The monoisotopic (exact) mass is 281 g/mol. The number of carbonyl (C=O) groups excluding carboxylic acids is 1. The average Bonchev–Trinajstić information content (AvgIpc) is 2.92. The molecule has 1 aromatic rings. The molecule has 19 heavy (non-hydrogen) atoms. The Labute approximate surface area is 119 Å². The van der Waals surface area contributed by atoms with Crippen molar-refractivity contribution < 1.29 is 9.53 Å². The van der Waals surface area contributed by atoms with E-state index in [1.54, 1.807) is 11.9 Å². The first-order chi connectivity index (χ1) is 9.11. The van der Waals surface area contributed by atoms with Crippen molar-refractivity contribution in [1.82, 2.24) is 0 Å². The number of ether oxygens (including phenoxy) is 1. The summed E-state index contributed by atoms with van der Waals surface area (Å²) in [6.45, 7) is 2.00. The summed E-state index contributed by atoms with van der Waals surface area (Å²) in [6.07, 6.45) is 4.92. The number of benzene rings is 1. The van der Waals surface area contributed by atoms with Crippen LogP contribution in [-0.4, -0.2) is 24.9 Å². The lowest BCUT2D eigenvalue weighted by Gasteiger charge is -2.22. The Balaban J connectivity index is 2.23. The van der Waals surface area contributed by atoms with Crippen molar-refractivity contribution in [3.8, 4) is 5.75 Å². The van der Waals surface area contributed by atoms with E-state index in [1.807, 2.05) is 25.1 Å². The minimum atomic E-state index is -0.122. The zero-order chi connectivity index (χ0) is 13.8. The summed E-state index contributed by atoms with van der Waals surface area (Å²) in [6, 6.07) is 5.92. The van der Waals surface area contributed by atoms with E-state index in [4.69, 9.17) is 16.3 Å². The fraction of sp³-hybridized carbons (Fsp3) is 0.533. The molecule has 4 heteroatoms. The SMILES string of the molecule is Cc1ccc(OC2CCCC2)c(N(C)C(=O)CCl)c1. The summed E-state index contributed by atoms with van der Waals surface area (Å²) in [5, 5.41) is 0. The molecule has 0 bridgehead atoms. The van der Waals surface area contributed by atoms with Gasteiger partial charge < -0.3 is 9.64 Å². The van der Waals surface area contributed by atoms with E-state index < -0.39 is 0 Å². The van der Waals surface area contributed by atoms with Gasteiger partial charge in [0, 0.05) is 7.05 Å². The van der Waals surface area contributed by atoms with Gasteiger partial charge in [0.2, 0.25) is 5.91 Å². The van der Waals surface area contributed by atoms with Gasteiger partial charge in [-0.25, -0.2) is 0 Å². The number of hydrogen-bond acceptors (Lipinski definition) is 2. The molecule has 1 saturated carbocycles. The molecule has 0 atom stereocenters. The molecule has 0 radical (unpaired) electrons. The van der Waals surface area contributed by atoms with E-state index in [2.05, 4.69) is 0 Å². The van der Waals surface area contributed by atoms with Gasteiger partial charge in [-0.2, -0.15) is 0 Å². The van der Waals surface area contributed by atoms with Crippen LogP contribution >= 0.6 is 11.6 Å². The second kappa shape index (κ2) is 6.29. The van der Waals surface area contributed by atoms with E-state index in [0.29, 0.717) is 0 Å². The molecule has 2 rings (SSSR count). The van der Waals surface area contributed by atoms with Gasteiger partial charge >= 0.3 is 0 Å². The third-order valence-electron chi connectivity index (χ3n) is 3.56. The number of aryl methyl sites for hydroxylation is 1. The number of hydrogen-bond donors (Lipinski definition) is 0. The molecular formula is C15H20ClNO2. The van der Waals surface area contributed by atoms with E-state index in [-0.39, 0.29) is 17.9 Å². The number of carbonyl (C=O) groups is 1. The van der Waals surface area contributed by atoms with Crippen LogP contribution in [0.5, 0.6) is 5.75 Å². The van der Waals surface area contributed by atoms with Crippen LogP contribution in [0, 0.1) is 6.92 Å². The van der Waals surface area contributed by atoms with Gasteiger partial charge in [0.15, 0.2) is 0 Å². The highest BCUT2D eigenvalue weighted by molar-refractivity contribution is 6.29. The van der Waals surface area contributed by atoms with Crippen molar-refractivity contribution in [1.29, 1.82) is 0 Å². The Morgan fingerprint density at radius 3 is 2.74 bits per heavy atom. The molecule has 1 aliphatic rings. The first-order valence-electron chi connectivity index (χ1n) is 6.71. The summed E-state index contributed by atoms with van der Waals surface area (Å²) in [4.78, 5) is 13.3. The fourth-order valence-electron chi connectivity index (χ4n) is 2.40. The van der Waals surface area contributed by atoms with Crippen molar-refractivity contribution in [2.45, 2.75) is 38.7 Å². The van der Waals surface area contributed by atoms with Crippen molar-refractivity contribution >= 4 is 23.2 Å². The molecule has 1 amide bonds. The summed E-state index contributed by atoms with van der Waals surface area (Å²) in [5.74, 6) is 0.634. The molecule has 0 heterocycles. The predicted octanol–water partition coefficient (Wildman–Crippen LogP) is 3.52. The largest absolute Gasteiger partial charge is 0.488 e. The number of rotatable bonds is 4. The Hall–Kier alpha value is -1.22. The molecule has 0 saturated heterocycles. The number of amides is 1. The Bertz CT molecular complexity index is 455. The van der Waals surface area contributed by atoms with Crippen LogP contribution in [0.1, 0.15) is 31.2 Å². The zero-order valence-corrected chi connectivity index (χ0v) is 12.2. The highest BCUT2D eigenvalue weighted by Crippen LogP contribution is 2.32. The van der Waals surface area contributed by atoms with Gasteiger partial charge in [-0.15, -0.1) is 11.6 Å². The minimum Gasteiger partial charge on any atom is -0.488 e. The van der Waals surface area contributed by atoms with Crippen molar-refractivity contribution in [3.63, 3.8) is 0 Å². The maximum Gasteiger partial charge on any atom is 0.241 e. The maximum atomic E-state index is 11.8. The van der Waals surface area contributed by atoms with E-state index in [1.165, 1.54) is 12.8 Å². The standard InChI is InChI=1S/C15H20ClNO2/c1-11-7-8-14(19-12-5-3-4-6-12)13(9-11)17(2)15(18)10-16/h7-9,12H,3-6,10H2,1-2H3. The first-order valence-corrected chi connectivity index (χ1v) is 7.25. The van der Waals surface area contributed by atoms with Gasteiger partial charge in [0.05, 0.1) is 11.8 Å². The molecule has 0 unspecified atom stereocenters. The van der Waals surface area contributed by atoms with Gasteiger partial charge in [-0.1, -0.05) is 6.07 Å². The Morgan fingerprint density at radius 1 is 1.42 bits per heavy atom. The second-order valence-electron chi connectivity index (χ2n) is 5.08. The summed E-state index contributed by atoms with van der Waals surface area (Å²) >= 11 is 5.63. The molecule has 0 spiro atoms. The van der Waals surface area contributed by atoms with E-state index in [0.717, 1.165) is 29.8 Å². The number of alkyl halides is 1. The van der Waals surface area contributed by atoms with Crippen LogP contribution in [0.2, 0.25) is 0 Å². The summed E-state index contributed by atoms with van der Waals surface area (Å²) in [7, 11) is 1.74. The van der Waals surface area contributed by atoms with Crippen LogP contribution in [0.4, 0.5) is 5.69 Å². The summed E-state index contributed by atoms with van der Waals surface area (Å²) < 4.78 is 6.04. The number of anilines is 1. The average molecular weight is 282 g/mol. The van der Waals surface area contributed by atoms with Gasteiger partial charge in [0.1, 0.15) is 11.6 Å². The van der Waals surface area contributed by atoms with Crippen LogP contribution in [0.3, 0.4) is 0 Å². The zero-order valence-electron chi connectivity index (χ0n) is 11.5.